The molecule has 502 valence electrons. The summed E-state index contributed by atoms with van der Waals surface area (Å²) in [4.78, 5) is 23.5. The number of hydrogen-bond donors (Lipinski definition) is 3. The molecule has 0 saturated heterocycles. The van der Waals surface area contributed by atoms with Crippen LogP contribution in [0.1, 0.15) is 348 Å². The second-order valence-electron chi connectivity index (χ2n) is 26.3. The highest BCUT2D eigenvalue weighted by atomic mass is 31.2. The van der Waals surface area contributed by atoms with E-state index in [2.05, 4.69) is 104 Å². The Hall–Kier alpha value is -2.32. The maximum atomic E-state index is 13.1. The first-order chi connectivity index (χ1) is 42.0. The van der Waals surface area contributed by atoms with Gasteiger partial charge in [0, 0.05) is 6.42 Å². The lowest BCUT2D eigenvalue weighted by atomic mass is 10.0. The Morgan fingerprint density at radius 2 is 0.698 bits per heavy atom. The highest BCUT2D eigenvalue weighted by molar-refractivity contribution is 7.47. The zero-order valence-corrected chi connectivity index (χ0v) is 58.4. The van der Waals surface area contributed by atoms with Crippen molar-refractivity contribution in [1.82, 2.24) is 5.32 Å². The predicted molar refractivity (Wildman–Crippen MR) is 378 cm³/mol. The van der Waals surface area contributed by atoms with Crippen molar-refractivity contribution >= 4 is 13.7 Å². The minimum atomic E-state index is -4.34. The highest BCUT2D eigenvalue weighted by Gasteiger charge is 2.28. The number of phosphoric acid groups is 1. The standard InChI is InChI=1S/C77H143N2O6P/c1-6-8-10-12-14-16-18-20-22-24-26-28-30-32-34-36-38-39-41-43-45-47-49-51-53-55-57-59-61-63-65-67-69-71-77(81)78-75(74-85-86(82,83)84-73-72-79(3,4)5)76(80)70-68-66-64-62-60-58-56-54-52-50-48-46-44-42-40-37-35-33-31-29-27-25-23-21-19-17-15-13-11-9-7-2/h8,10,14,16,20,22,26,28,32,34,38-39,43,45,75-76,80H,6-7,9,11-13,15,17-19,21,23-25,27,29-31,33,35-37,40-42,44,46-74H2,1-5H3,(H-,78,81,82,83)/p+1/b10-8-,16-14-,22-20-,28-26-,34-32-,39-38-,45-43-. The number of aliphatic hydroxyl groups is 1. The Morgan fingerprint density at radius 3 is 1.02 bits per heavy atom. The van der Waals surface area contributed by atoms with Crippen molar-refractivity contribution in [3.05, 3.63) is 85.1 Å². The van der Waals surface area contributed by atoms with Gasteiger partial charge < -0.3 is 19.8 Å². The van der Waals surface area contributed by atoms with Crippen LogP contribution < -0.4 is 5.32 Å². The number of carbonyl (C=O) groups excluding carboxylic acids is 1. The van der Waals surface area contributed by atoms with Crippen molar-refractivity contribution in [2.45, 2.75) is 360 Å². The van der Waals surface area contributed by atoms with Crippen molar-refractivity contribution in [2.24, 2.45) is 0 Å². The van der Waals surface area contributed by atoms with Gasteiger partial charge in [-0.25, -0.2) is 4.57 Å². The zero-order chi connectivity index (χ0) is 62.6. The normalized spacial score (nSPS) is 14.1. The quantitative estimate of drug-likeness (QED) is 0.0243. The van der Waals surface area contributed by atoms with Crippen LogP contribution in [0.3, 0.4) is 0 Å². The lowest BCUT2D eigenvalue weighted by Crippen LogP contribution is -2.46. The lowest BCUT2D eigenvalue weighted by molar-refractivity contribution is -0.870. The van der Waals surface area contributed by atoms with E-state index < -0.39 is 20.0 Å². The molecule has 0 aromatic rings. The fraction of sp³-hybridized carbons (Fsp3) is 0.805. The number of nitrogens with one attached hydrogen (secondary N) is 1. The fourth-order valence-corrected chi connectivity index (χ4v) is 11.7. The number of unbranched alkanes of at least 4 members (excludes halogenated alkanes) is 41. The fourth-order valence-electron chi connectivity index (χ4n) is 11.0. The predicted octanol–water partition coefficient (Wildman–Crippen LogP) is 23.9. The number of amides is 1. The van der Waals surface area contributed by atoms with Gasteiger partial charge in [0.15, 0.2) is 0 Å². The minimum absolute atomic E-state index is 0.0717. The van der Waals surface area contributed by atoms with Gasteiger partial charge >= 0.3 is 7.82 Å². The number of allylic oxidation sites excluding steroid dienone is 14. The van der Waals surface area contributed by atoms with E-state index in [-0.39, 0.29) is 19.1 Å². The number of aliphatic hydroxyl groups excluding tert-OH is 1. The van der Waals surface area contributed by atoms with Crippen LogP contribution in [0.5, 0.6) is 0 Å². The van der Waals surface area contributed by atoms with Crippen LogP contribution in [0.25, 0.3) is 0 Å². The SMILES string of the molecule is CC/C=C\C/C=C\C/C=C\C/C=C\C/C=C\C/C=C\C/C=C\CCCCCCCCCCCCCC(=O)NC(COP(=O)(O)OCC[N+](C)(C)C)C(O)CCCCCCCCCCCCCCCCCCCCCCCCCCCCCCCCC. The van der Waals surface area contributed by atoms with Crippen LogP contribution in [0, 0.1) is 0 Å². The second-order valence-corrected chi connectivity index (χ2v) is 27.8. The molecule has 0 bridgehead atoms. The highest BCUT2D eigenvalue weighted by Crippen LogP contribution is 2.43. The van der Waals surface area contributed by atoms with E-state index in [0.717, 1.165) is 83.5 Å². The smallest absolute Gasteiger partial charge is 0.391 e. The molecule has 0 aliphatic heterocycles. The molecule has 0 radical (unpaired) electrons. The molecule has 8 nitrogen and oxygen atoms in total. The first-order valence-electron chi connectivity index (χ1n) is 37.0. The number of carbonyl (C=O) groups is 1. The van der Waals surface area contributed by atoms with Crippen molar-refractivity contribution in [1.29, 1.82) is 0 Å². The average molecular weight is 1220 g/mol. The maximum absolute atomic E-state index is 13.1. The third kappa shape index (κ3) is 69.2. The van der Waals surface area contributed by atoms with E-state index in [4.69, 9.17) is 9.05 Å². The summed E-state index contributed by atoms with van der Waals surface area (Å²) in [6, 6.07) is -0.769. The molecule has 0 heterocycles. The summed E-state index contributed by atoms with van der Waals surface area (Å²) >= 11 is 0. The Labute approximate surface area is 535 Å². The molecule has 0 aliphatic carbocycles. The molecule has 0 aliphatic rings. The van der Waals surface area contributed by atoms with Gasteiger partial charge in [-0.3, -0.25) is 13.8 Å². The molecule has 3 unspecified atom stereocenters. The molecular weight excluding hydrogens is 1080 g/mol. The van der Waals surface area contributed by atoms with E-state index in [1.807, 2.05) is 21.1 Å². The van der Waals surface area contributed by atoms with Gasteiger partial charge in [0.1, 0.15) is 13.2 Å². The van der Waals surface area contributed by atoms with Crippen LogP contribution >= 0.6 is 7.82 Å². The van der Waals surface area contributed by atoms with Crippen LogP contribution in [0.15, 0.2) is 85.1 Å². The van der Waals surface area contributed by atoms with E-state index in [1.54, 1.807) is 0 Å². The Kier molecular flexibility index (Phi) is 65.3. The molecule has 0 spiro atoms. The monoisotopic (exact) mass is 1220 g/mol. The number of likely N-dealkylation sites (N-methyl/N-ethyl adjacent to an activating group) is 1. The lowest BCUT2D eigenvalue weighted by Gasteiger charge is -2.26. The van der Waals surface area contributed by atoms with Crippen LogP contribution in [0.2, 0.25) is 0 Å². The van der Waals surface area contributed by atoms with Gasteiger partial charge in [-0.15, -0.1) is 0 Å². The van der Waals surface area contributed by atoms with E-state index in [9.17, 15) is 19.4 Å². The van der Waals surface area contributed by atoms with Gasteiger partial charge in [-0.2, -0.15) is 0 Å². The van der Waals surface area contributed by atoms with Gasteiger partial charge in [-0.1, -0.05) is 356 Å². The molecule has 3 atom stereocenters. The molecule has 0 aromatic heterocycles. The number of quaternary nitrogens is 1. The third-order valence-electron chi connectivity index (χ3n) is 16.7. The number of nitrogens with zero attached hydrogens (tertiary/aromatic N) is 1. The zero-order valence-electron chi connectivity index (χ0n) is 57.6. The van der Waals surface area contributed by atoms with Crippen LogP contribution in [0.4, 0.5) is 0 Å². The molecule has 86 heavy (non-hydrogen) atoms. The van der Waals surface area contributed by atoms with Crippen LogP contribution in [-0.4, -0.2) is 73.4 Å². The van der Waals surface area contributed by atoms with E-state index >= 15 is 0 Å². The van der Waals surface area contributed by atoms with Crippen molar-refractivity contribution in [3.63, 3.8) is 0 Å². The summed E-state index contributed by atoms with van der Waals surface area (Å²) in [6.45, 7) is 4.81. The van der Waals surface area contributed by atoms with Crippen molar-refractivity contribution in [3.8, 4) is 0 Å². The first-order valence-corrected chi connectivity index (χ1v) is 38.4. The second kappa shape index (κ2) is 67.1. The third-order valence-corrected chi connectivity index (χ3v) is 17.6. The van der Waals surface area contributed by atoms with Crippen molar-refractivity contribution < 1.29 is 32.9 Å². The number of phosphoric ester groups is 1. The van der Waals surface area contributed by atoms with Gasteiger partial charge in [0.25, 0.3) is 0 Å². The summed E-state index contributed by atoms with van der Waals surface area (Å²) in [7, 11) is 1.62. The topological polar surface area (TPSA) is 105 Å². The molecule has 0 aromatic carbocycles. The largest absolute Gasteiger partial charge is 0.472 e. The van der Waals surface area contributed by atoms with Gasteiger partial charge in [0.2, 0.25) is 5.91 Å². The first kappa shape index (κ1) is 83.7. The summed E-state index contributed by atoms with van der Waals surface area (Å²) in [6.07, 6.45) is 95.5. The molecular formula is C77H144N2O6P+. The molecule has 3 N–H and O–H groups in total. The maximum Gasteiger partial charge on any atom is 0.472 e. The molecule has 0 fully saturated rings. The van der Waals surface area contributed by atoms with Crippen LogP contribution in [-0.2, 0) is 18.4 Å². The number of hydrogen-bond acceptors (Lipinski definition) is 5. The Morgan fingerprint density at radius 1 is 0.407 bits per heavy atom. The van der Waals surface area contributed by atoms with Crippen molar-refractivity contribution in [2.75, 3.05) is 40.9 Å². The van der Waals surface area contributed by atoms with Gasteiger partial charge in [-0.05, 0) is 70.6 Å². The molecule has 1 amide bonds. The average Bonchev–Trinajstić information content (AvgIpc) is 3.70. The molecule has 0 rings (SSSR count). The van der Waals surface area contributed by atoms with Gasteiger partial charge in [0.05, 0.1) is 39.9 Å². The summed E-state index contributed by atoms with van der Waals surface area (Å²) < 4.78 is 23.9. The number of rotatable bonds is 68. The summed E-state index contributed by atoms with van der Waals surface area (Å²) in [5.41, 5.74) is 0. The summed E-state index contributed by atoms with van der Waals surface area (Å²) in [5, 5.41) is 14.2. The minimum Gasteiger partial charge on any atom is -0.391 e. The Balaban J connectivity index is 4.04. The van der Waals surface area contributed by atoms with E-state index in [0.29, 0.717) is 23.9 Å². The van der Waals surface area contributed by atoms with E-state index in [1.165, 1.54) is 238 Å². The molecule has 9 heteroatoms. The summed E-state index contributed by atoms with van der Waals surface area (Å²) in [5.74, 6) is -0.146. The molecule has 0 saturated carbocycles. The Bertz CT molecular complexity index is 1680.